The largest absolute Gasteiger partial charge is 0.380 e. The molecule has 5 heteroatoms. The number of thiophene rings is 1. The highest BCUT2D eigenvalue weighted by atomic mass is 79.9. The molecule has 1 aromatic rings. The molecule has 1 heterocycles. The highest BCUT2D eigenvalue weighted by Crippen LogP contribution is 2.21. The second-order valence-corrected chi connectivity index (χ2v) is 6.97. The third kappa shape index (κ3) is 8.16. The van der Waals surface area contributed by atoms with Crippen LogP contribution in [0, 0.1) is 5.92 Å². The lowest BCUT2D eigenvalue weighted by Crippen LogP contribution is -2.30. The molecule has 100 valence electrons. The van der Waals surface area contributed by atoms with Gasteiger partial charge in [0.05, 0.1) is 10.4 Å². The Kier molecular flexibility index (Phi) is 9.55. The normalized spacial score (nSPS) is 12.5. The summed E-state index contributed by atoms with van der Waals surface area (Å²) in [6.45, 7) is 9.04. The zero-order valence-electron chi connectivity index (χ0n) is 10.5. The summed E-state index contributed by atoms with van der Waals surface area (Å²) in [6.07, 6.45) is 0. The number of halogens is 2. The monoisotopic (exact) mass is 341 g/mol. The molecule has 0 spiro atoms. The minimum absolute atomic E-state index is 0. The molecule has 0 aliphatic heterocycles. The molecule has 17 heavy (non-hydrogen) atoms. The van der Waals surface area contributed by atoms with Crippen LogP contribution in [0.25, 0.3) is 0 Å². The molecule has 0 amide bonds. The summed E-state index contributed by atoms with van der Waals surface area (Å²) >= 11 is 5.23. The van der Waals surface area contributed by atoms with E-state index in [1.807, 2.05) is 0 Å². The van der Waals surface area contributed by atoms with Crippen LogP contribution in [0.3, 0.4) is 0 Å². The maximum Gasteiger partial charge on any atom is 0.0701 e. The third-order valence-electron chi connectivity index (χ3n) is 2.07. The van der Waals surface area contributed by atoms with Gasteiger partial charge in [-0.1, -0.05) is 13.8 Å². The Labute approximate surface area is 123 Å². The SMILES string of the molecule is CC(C)COCC(C)NCc1ccc(Br)s1.Cl. The van der Waals surface area contributed by atoms with Crippen LogP contribution < -0.4 is 5.32 Å². The molecule has 1 rings (SSSR count). The summed E-state index contributed by atoms with van der Waals surface area (Å²) in [7, 11) is 0. The molecule has 0 saturated heterocycles. The van der Waals surface area contributed by atoms with E-state index in [0.717, 1.165) is 19.8 Å². The Hall–Kier alpha value is 0.390. The summed E-state index contributed by atoms with van der Waals surface area (Å²) in [5, 5.41) is 3.45. The zero-order chi connectivity index (χ0) is 12.0. The Morgan fingerprint density at radius 3 is 2.53 bits per heavy atom. The van der Waals surface area contributed by atoms with Gasteiger partial charge in [0.25, 0.3) is 0 Å². The van der Waals surface area contributed by atoms with Crippen molar-refractivity contribution in [2.45, 2.75) is 33.4 Å². The Morgan fingerprint density at radius 2 is 2.00 bits per heavy atom. The van der Waals surface area contributed by atoms with Crippen molar-refractivity contribution in [3.05, 3.63) is 20.8 Å². The molecular weight excluding hydrogens is 322 g/mol. The van der Waals surface area contributed by atoms with Crippen molar-refractivity contribution in [1.82, 2.24) is 5.32 Å². The van der Waals surface area contributed by atoms with Gasteiger partial charge in [-0.2, -0.15) is 0 Å². The van der Waals surface area contributed by atoms with E-state index in [4.69, 9.17) is 4.74 Å². The molecule has 0 saturated carbocycles. The van der Waals surface area contributed by atoms with E-state index < -0.39 is 0 Å². The third-order valence-corrected chi connectivity index (χ3v) is 3.70. The average Bonchev–Trinajstić information content (AvgIpc) is 2.61. The molecule has 0 bridgehead atoms. The summed E-state index contributed by atoms with van der Waals surface area (Å²) < 4.78 is 6.77. The Morgan fingerprint density at radius 1 is 1.29 bits per heavy atom. The first-order chi connectivity index (χ1) is 7.58. The standard InChI is InChI=1S/C12H20BrNOS.ClH/c1-9(2)7-15-8-10(3)14-6-11-4-5-12(13)16-11;/h4-5,9-10,14H,6-8H2,1-3H3;1H. The maximum absolute atomic E-state index is 5.58. The lowest BCUT2D eigenvalue weighted by Gasteiger charge is -2.14. The topological polar surface area (TPSA) is 21.3 Å². The highest BCUT2D eigenvalue weighted by Gasteiger charge is 2.04. The number of ether oxygens (including phenoxy) is 1. The van der Waals surface area contributed by atoms with Crippen molar-refractivity contribution in [2.75, 3.05) is 13.2 Å². The van der Waals surface area contributed by atoms with Gasteiger partial charge in [-0.05, 0) is 40.9 Å². The van der Waals surface area contributed by atoms with E-state index in [0.29, 0.717) is 12.0 Å². The van der Waals surface area contributed by atoms with Crippen LogP contribution in [-0.4, -0.2) is 19.3 Å². The van der Waals surface area contributed by atoms with Crippen molar-refractivity contribution in [3.63, 3.8) is 0 Å². The number of hydrogen-bond donors (Lipinski definition) is 1. The minimum atomic E-state index is 0. The quantitative estimate of drug-likeness (QED) is 0.806. The van der Waals surface area contributed by atoms with Crippen LogP contribution in [0.15, 0.2) is 15.9 Å². The van der Waals surface area contributed by atoms with Gasteiger partial charge in [0, 0.05) is 24.1 Å². The van der Waals surface area contributed by atoms with Crippen LogP contribution in [0.5, 0.6) is 0 Å². The first-order valence-corrected chi connectivity index (χ1v) is 7.24. The predicted molar refractivity (Wildman–Crippen MR) is 81.2 cm³/mol. The lowest BCUT2D eigenvalue weighted by molar-refractivity contribution is 0.0936. The molecule has 1 aromatic heterocycles. The van der Waals surface area contributed by atoms with Crippen LogP contribution in [-0.2, 0) is 11.3 Å². The number of nitrogens with one attached hydrogen (secondary N) is 1. The lowest BCUT2D eigenvalue weighted by atomic mass is 10.2. The van der Waals surface area contributed by atoms with Gasteiger partial charge in [-0.3, -0.25) is 0 Å². The van der Waals surface area contributed by atoms with Crippen molar-refractivity contribution in [1.29, 1.82) is 0 Å². The number of rotatable bonds is 7. The van der Waals surface area contributed by atoms with Gasteiger partial charge in [0.15, 0.2) is 0 Å². The van der Waals surface area contributed by atoms with E-state index in [-0.39, 0.29) is 12.4 Å². The predicted octanol–water partition coefficient (Wildman–Crippen LogP) is 4.08. The fourth-order valence-corrected chi connectivity index (χ4v) is 2.70. The van der Waals surface area contributed by atoms with Crippen molar-refractivity contribution >= 4 is 39.7 Å². The van der Waals surface area contributed by atoms with Gasteiger partial charge in [0.1, 0.15) is 0 Å². The fraction of sp³-hybridized carbons (Fsp3) is 0.667. The van der Waals surface area contributed by atoms with Crippen molar-refractivity contribution in [3.8, 4) is 0 Å². The molecular formula is C12H21BrClNOS. The maximum atomic E-state index is 5.58. The van der Waals surface area contributed by atoms with Gasteiger partial charge in [-0.25, -0.2) is 0 Å². The molecule has 0 fully saturated rings. The summed E-state index contributed by atoms with van der Waals surface area (Å²) in [5.41, 5.74) is 0. The van der Waals surface area contributed by atoms with Gasteiger partial charge in [-0.15, -0.1) is 23.7 Å². The molecule has 0 aliphatic carbocycles. The molecule has 2 nitrogen and oxygen atoms in total. The summed E-state index contributed by atoms with van der Waals surface area (Å²) in [5.74, 6) is 0.612. The van der Waals surface area contributed by atoms with Crippen LogP contribution in [0.4, 0.5) is 0 Å². The molecule has 0 aromatic carbocycles. The van der Waals surface area contributed by atoms with Crippen molar-refractivity contribution in [2.24, 2.45) is 5.92 Å². The van der Waals surface area contributed by atoms with E-state index in [1.165, 1.54) is 8.66 Å². The second kappa shape index (κ2) is 9.34. The second-order valence-electron chi connectivity index (χ2n) is 4.42. The summed E-state index contributed by atoms with van der Waals surface area (Å²) in [6, 6.07) is 4.63. The van der Waals surface area contributed by atoms with Crippen LogP contribution >= 0.6 is 39.7 Å². The Balaban J connectivity index is 0.00000256. The molecule has 1 N–H and O–H groups in total. The molecule has 1 unspecified atom stereocenters. The van der Waals surface area contributed by atoms with Crippen LogP contribution in [0.1, 0.15) is 25.6 Å². The van der Waals surface area contributed by atoms with E-state index in [9.17, 15) is 0 Å². The van der Waals surface area contributed by atoms with Crippen LogP contribution in [0.2, 0.25) is 0 Å². The first-order valence-electron chi connectivity index (χ1n) is 5.63. The average molecular weight is 343 g/mol. The molecule has 0 radical (unpaired) electrons. The van der Waals surface area contributed by atoms with E-state index in [2.05, 4.69) is 54.2 Å². The first kappa shape index (κ1) is 17.4. The van der Waals surface area contributed by atoms with E-state index in [1.54, 1.807) is 11.3 Å². The smallest absolute Gasteiger partial charge is 0.0701 e. The van der Waals surface area contributed by atoms with Crippen molar-refractivity contribution < 1.29 is 4.74 Å². The van der Waals surface area contributed by atoms with Gasteiger partial charge in [0.2, 0.25) is 0 Å². The van der Waals surface area contributed by atoms with Gasteiger partial charge < -0.3 is 10.1 Å². The van der Waals surface area contributed by atoms with Gasteiger partial charge >= 0.3 is 0 Å². The van der Waals surface area contributed by atoms with E-state index >= 15 is 0 Å². The molecule has 1 atom stereocenters. The highest BCUT2D eigenvalue weighted by molar-refractivity contribution is 9.11. The Bertz CT molecular complexity index is 306. The molecule has 0 aliphatic rings. The zero-order valence-corrected chi connectivity index (χ0v) is 13.8. The summed E-state index contributed by atoms with van der Waals surface area (Å²) in [4.78, 5) is 1.35. The fourth-order valence-electron chi connectivity index (χ4n) is 1.26. The number of hydrogen-bond acceptors (Lipinski definition) is 3. The minimum Gasteiger partial charge on any atom is -0.380 e.